The van der Waals surface area contributed by atoms with E-state index in [0.29, 0.717) is 18.9 Å². The van der Waals surface area contributed by atoms with E-state index < -0.39 is 6.43 Å². The molecule has 3 heterocycles. The van der Waals surface area contributed by atoms with E-state index in [1.807, 2.05) is 39.2 Å². The van der Waals surface area contributed by atoms with Crippen molar-refractivity contribution in [2.75, 3.05) is 27.2 Å². The van der Waals surface area contributed by atoms with Crippen LogP contribution < -0.4 is 0 Å². The molecular weight excluding hydrogens is 442 g/mol. The van der Waals surface area contributed by atoms with Gasteiger partial charge >= 0.3 is 0 Å². The molecule has 8 nitrogen and oxygen atoms in total. The van der Waals surface area contributed by atoms with E-state index in [0.717, 1.165) is 35.1 Å². The largest absolute Gasteiger partial charge is 0.339 e. The van der Waals surface area contributed by atoms with Crippen molar-refractivity contribution in [1.82, 2.24) is 29.7 Å². The van der Waals surface area contributed by atoms with Crippen LogP contribution in [-0.2, 0) is 16.8 Å². The topological polar surface area (TPSA) is 80.3 Å². The lowest BCUT2D eigenvalue weighted by molar-refractivity contribution is -0.131. The smallest absolute Gasteiger partial charge is 0.280 e. The summed E-state index contributed by atoms with van der Waals surface area (Å²) in [6.45, 7) is 2.98. The maximum Gasteiger partial charge on any atom is 0.280 e. The molecule has 180 valence electrons. The third-order valence-electron chi connectivity index (χ3n) is 7.05. The molecule has 0 radical (unpaired) electrons. The van der Waals surface area contributed by atoms with Gasteiger partial charge in [-0.1, -0.05) is 29.4 Å². The van der Waals surface area contributed by atoms with Crippen molar-refractivity contribution >= 4 is 5.91 Å². The summed E-state index contributed by atoms with van der Waals surface area (Å²) < 4.78 is 34.0. The summed E-state index contributed by atoms with van der Waals surface area (Å²) in [5.74, 6) is 0.383. The summed E-state index contributed by atoms with van der Waals surface area (Å²) in [4.78, 5) is 21.1. The molecule has 1 atom stereocenters. The molecule has 34 heavy (non-hydrogen) atoms. The van der Waals surface area contributed by atoms with Gasteiger partial charge in [-0.3, -0.25) is 9.48 Å². The van der Waals surface area contributed by atoms with Gasteiger partial charge in [-0.05, 0) is 57.5 Å². The van der Waals surface area contributed by atoms with Crippen LogP contribution in [0.2, 0.25) is 0 Å². The number of aromatic nitrogens is 4. The quantitative estimate of drug-likeness (QED) is 0.527. The minimum atomic E-state index is -2.79. The van der Waals surface area contributed by atoms with Crippen LogP contribution in [0.4, 0.5) is 8.78 Å². The monoisotopic (exact) mass is 470 g/mol. The number of aryl methyl sites for hydroxylation is 1. The van der Waals surface area contributed by atoms with Gasteiger partial charge in [0.1, 0.15) is 12.2 Å². The number of alkyl halides is 2. The van der Waals surface area contributed by atoms with Crippen LogP contribution in [0.5, 0.6) is 0 Å². The van der Waals surface area contributed by atoms with Crippen LogP contribution in [0.3, 0.4) is 0 Å². The molecule has 0 bridgehead atoms. The first-order valence-corrected chi connectivity index (χ1v) is 11.5. The second-order valence-electron chi connectivity index (χ2n) is 9.48. The van der Waals surface area contributed by atoms with Crippen LogP contribution in [0.15, 0.2) is 34.9 Å². The second kappa shape index (κ2) is 8.57. The van der Waals surface area contributed by atoms with E-state index in [4.69, 9.17) is 4.52 Å². The minimum absolute atomic E-state index is 0.0804. The van der Waals surface area contributed by atoms with E-state index >= 15 is 0 Å². The summed E-state index contributed by atoms with van der Waals surface area (Å²) in [6, 6.07) is 9.58. The van der Waals surface area contributed by atoms with Crippen molar-refractivity contribution in [3.8, 4) is 11.6 Å². The number of carbonyl (C=O) groups is 1. The zero-order valence-electron chi connectivity index (χ0n) is 19.5. The van der Waals surface area contributed by atoms with E-state index in [1.165, 1.54) is 6.07 Å². The normalized spacial score (nSPS) is 19.4. The average Bonchev–Trinajstić information content (AvgIpc) is 3.19. The summed E-state index contributed by atoms with van der Waals surface area (Å²) >= 11 is 0. The molecule has 2 aromatic heterocycles. The Hall–Kier alpha value is -3.14. The molecule has 2 aliphatic rings. The SMILES string of the molecule is Cc1ccccc1C1(c2noc(-c3cc(C(F)F)n(CC(=O)N4CC[C@@H](N(C)C)C4)n3)n2)CC1. The Morgan fingerprint density at radius 2 is 2.06 bits per heavy atom. The number of hydrogen-bond donors (Lipinski definition) is 0. The number of benzene rings is 1. The molecule has 0 spiro atoms. The van der Waals surface area contributed by atoms with Gasteiger partial charge in [0.2, 0.25) is 5.91 Å². The van der Waals surface area contributed by atoms with Crippen molar-refractivity contribution < 1.29 is 18.1 Å². The molecular formula is C24H28F2N6O2. The molecule has 1 saturated heterocycles. The number of likely N-dealkylation sites (N-methyl/N-ethyl adjacent to an activating group) is 1. The Balaban J connectivity index is 1.38. The highest BCUT2D eigenvalue weighted by Gasteiger charge is 2.50. The lowest BCUT2D eigenvalue weighted by atomic mass is 9.91. The molecule has 0 N–H and O–H groups in total. The molecule has 1 aliphatic carbocycles. The molecule has 5 rings (SSSR count). The molecule has 1 amide bonds. The fourth-order valence-corrected chi connectivity index (χ4v) is 4.83. The zero-order valence-corrected chi connectivity index (χ0v) is 19.5. The van der Waals surface area contributed by atoms with E-state index in [2.05, 4.69) is 26.2 Å². The fourth-order valence-electron chi connectivity index (χ4n) is 4.83. The minimum Gasteiger partial charge on any atom is -0.339 e. The Morgan fingerprint density at radius 1 is 1.29 bits per heavy atom. The van der Waals surface area contributed by atoms with Gasteiger partial charge in [0.25, 0.3) is 12.3 Å². The number of likely N-dealkylation sites (tertiary alicyclic amines) is 1. The Bertz CT molecular complexity index is 1200. The maximum atomic E-state index is 13.8. The average molecular weight is 471 g/mol. The number of nitrogens with zero attached hydrogens (tertiary/aromatic N) is 6. The van der Waals surface area contributed by atoms with Gasteiger partial charge < -0.3 is 14.3 Å². The highest BCUT2D eigenvalue weighted by molar-refractivity contribution is 5.76. The van der Waals surface area contributed by atoms with Crippen molar-refractivity contribution in [2.24, 2.45) is 0 Å². The van der Waals surface area contributed by atoms with E-state index in [9.17, 15) is 13.6 Å². The third-order valence-corrected chi connectivity index (χ3v) is 7.05. The zero-order chi connectivity index (χ0) is 24.0. The Morgan fingerprint density at radius 3 is 2.71 bits per heavy atom. The van der Waals surface area contributed by atoms with Crippen LogP contribution in [0, 0.1) is 6.92 Å². The van der Waals surface area contributed by atoms with Gasteiger partial charge in [0, 0.05) is 19.1 Å². The molecule has 10 heteroatoms. The van der Waals surface area contributed by atoms with Crippen molar-refractivity contribution in [1.29, 1.82) is 0 Å². The number of rotatable bonds is 7. The predicted molar refractivity (Wildman–Crippen MR) is 120 cm³/mol. The first-order valence-electron chi connectivity index (χ1n) is 11.5. The fraction of sp³-hybridized carbons (Fsp3) is 0.500. The highest BCUT2D eigenvalue weighted by atomic mass is 19.3. The number of halogens is 2. The molecule has 1 aromatic carbocycles. The van der Waals surface area contributed by atoms with Gasteiger partial charge in [0.15, 0.2) is 11.5 Å². The molecule has 3 aromatic rings. The standard InChI is InChI=1S/C24H28F2N6O2/c1-15-6-4-5-7-17(15)24(9-10-24)23-27-22(34-29-23)18-12-19(21(25)26)32(28-18)14-20(33)31-11-8-16(13-31)30(2)3/h4-7,12,16,21H,8-11,13-14H2,1-3H3/t16-/m1/s1. The molecule has 2 fully saturated rings. The van der Waals surface area contributed by atoms with Crippen molar-refractivity contribution in [3.05, 3.63) is 53.0 Å². The van der Waals surface area contributed by atoms with Crippen LogP contribution >= 0.6 is 0 Å². The highest BCUT2D eigenvalue weighted by Crippen LogP contribution is 2.53. The first-order chi connectivity index (χ1) is 16.3. The van der Waals surface area contributed by atoms with Gasteiger partial charge in [-0.2, -0.15) is 10.1 Å². The van der Waals surface area contributed by atoms with E-state index in [-0.39, 0.29) is 41.2 Å². The van der Waals surface area contributed by atoms with Crippen molar-refractivity contribution in [3.63, 3.8) is 0 Å². The number of amides is 1. The van der Waals surface area contributed by atoms with Gasteiger partial charge in [-0.25, -0.2) is 8.78 Å². The molecule has 1 saturated carbocycles. The number of carbonyl (C=O) groups excluding carboxylic acids is 1. The lowest BCUT2D eigenvalue weighted by Gasteiger charge is -2.20. The first kappa shape index (κ1) is 22.6. The Labute approximate surface area is 196 Å². The van der Waals surface area contributed by atoms with E-state index in [1.54, 1.807) is 4.90 Å². The second-order valence-corrected chi connectivity index (χ2v) is 9.48. The van der Waals surface area contributed by atoms with Gasteiger partial charge in [-0.15, -0.1) is 0 Å². The van der Waals surface area contributed by atoms with Gasteiger partial charge in [0.05, 0.1) is 5.41 Å². The van der Waals surface area contributed by atoms with Crippen LogP contribution in [-0.4, -0.2) is 68.9 Å². The summed E-state index contributed by atoms with van der Waals surface area (Å²) in [6.07, 6.45) is -0.137. The number of hydrogen-bond acceptors (Lipinski definition) is 6. The van der Waals surface area contributed by atoms with Crippen LogP contribution in [0.1, 0.15) is 48.3 Å². The van der Waals surface area contributed by atoms with Crippen molar-refractivity contribution in [2.45, 2.75) is 50.6 Å². The summed E-state index contributed by atoms with van der Waals surface area (Å²) in [5.41, 5.74) is 1.79. The molecule has 1 aliphatic heterocycles. The molecule has 0 unspecified atom stereocenters. The summed E-state index contributed by atoms with van der Waals surface area (Å²) in [5, 5.41) is 8.43. The lowest BCUT2D eigenvalue weighted by Crippen LogP contribution is -2.36. The Kier molecular flexibility index (Phi) is 5.71. The summed E-state index contributed by atoms with van der Waals surface area (Å²) in [7, 11) is 3.94. The maximum absolute atomic E-state index is 13.8. The predicted octanol–water partition coefficient (Wildman–Crippen LogP) is 3.42. The third kappa shape index (κ3) is 4.00. The van der Waals surface area contributed by atoms with Crippen LogP contribution in [0.25, 0.3) is 11.6 Å².